The van der Waals surface area contributed by atoms with Gasteiger partial charge in [-0.15, -0.1) is 24.0 Å². The maximum atomic E-state index is 5.97. The number of nitrogens with one attached hydrogen (secondary N) is 1. The van der Waals surface area contributed by atoms with Gasteiger partial charge in [0.05, 0.1) is 6.54 Å². The molecule has 0 atom stereocenters. The van der Waals surface area contributed by atoms with Crippen molar-refractivity contribution in [3.8, 4) is 0 Å². The van der Waals surface area contributed by atoms with Gasteiger partial charge in [-0.25, -0.2) is 0 Å². The summed E-state index contributed by atoms with van der Waals surface area (Å²) < 4.78 is 0. The fourth-order valence-corrected chi connectivity index (χ4v) is 2.64. The molecule has 23 heavy (non-hydrogen) atoms. The van der Waals surface area contributed by atoms with Crippen LogP contribution in [0.1, 0.15) is 24.1 Å². The van der Waals surface area contributed by atoms with E-state index in [9.17, 15) is 0 Å². The van der Waals surface area contributed by atoms with Gasteiger partial charge in [0.25, 0.3) is 0 Å². The Kier molecular flexibility index (Phi) is 6.38. The smallest absolute Gasteiger partial charge is 0.188 e. The van der Waals surface area contributed by atoms with Gasteiger partial charge >= 0.3 is 0 Å². The van der Waals surface area contributed by atoms with Crippen molar-refractivity contribution < 1.29 is 0 Å². The molecule has 0 unspecified atom stereocenters. The lowest BCUT2D eigenvalue weighted by atomic mass is 9.96. The number of benzene rings is 1. The first-order chi connectivity index (χ1) is 10.8. The third-order valence-corrected chi connectivity index (χ3v) is 4.21. The number of nitrogens with zero attached hydrogens (tertiary/aromatic N) is 2. The third-order valence-electron chi connectivity index (χ3n) is 4.21. The molecule has 3 rings (SSSR count). The Morgan fingerprint density at radius 3 is 2.52 bits per heavy atom. The highest BCUT2D eigenvalue weighted by Crippen LogP contribution is 2.48. The van der Waals surface area contributed by atoms with Gasteiger partial charge in [-0.3, -0.25) is 9.98 Å². The van der Waals surface area contributed by atoms with Crippen LogP contribution in [0.25, 0.3) is 0 Å². The van der Waals surface area contributed by atoms with Gasteiger partial charge < -0.3 is 11.1 Å². The number of nitrogens with two attached hydrogens (primary N) is 1. The van der Waals surface area contributed by atoms with Crippen molar-refractivity contribution in [2.45, 2.75) is 24.7 Å². The number of hydrogen-bond acceptors (Lipinski definition) is 2. The molecule has 4 nitrogen and oxygen atoms in total. The predicted molar refractivity (Wildman–Crippen MR) is 105 cm³/mol. The van der Waals surface area contributed by atoms with E-state index in [1.54, 1.807) is 0 Å². The molecule has 1 aromatic heterocycles. The maximum absolute atomic E-state index is 5.97. The van der Waals surface area contributed by atoms with Gasteiger partial charge in [-0.1, -0.05) is 36.4 Å². The molecule has 0 saturated heterocycles. The highest BCUT2D eigenvalue weighted by atomic mass is 127. The average Bonchev–Trinajstić information content (AvgIpc) is 3.36. The molecule has 1 saturated carbocycles. The quantitative estimate of drug-likeness (QED) is 0.428. The summed E-state index contributed by atoms with van der Waals surface area (Å²) >= 11 is 0. The fraction of sp³-hybridized carbons (Fsp3) is 0.333. The van der Waals surface area contributed by atoms with E-state index in [-0.39, 0.29) is 29.4 Å². The van der Waals surface area contributed by atoms with Gasteiger partial charge in [-0.05, 0) is 30.5 Å². The summed E-state index contributed by atoms with van der Waals surface area (Å²) in [7, 11) is 0. The van der Waals surface area contributed by atoms with Crippen molar-refractivity contribution in [3.63, 3.8) is 0 Å². The van der Waals surface area contributed by atoms with Crippen molar-refractivity contribution in [2.24, 2.45) is 10.7 Å². The minimum absolute atomic E-state index is 0. The molecule has 1 heterocycles. The van der Waals surface area contributed by atoms with Crippen LogP contribution < -0.4 is 11.1 Å². The Labute approximate surface area is 154 Å². The number of aromatic nitrogens is 1. The number of aliphatic imine (C=N–C) groups is 1. The summed E-state index contributed by atoms with van der Waals surface area (Å²) in [6, 6.07) is 16.5. The highest BCUT2D eigenvalue weighted by Gasteiger charge is 2.43. The molecule has 0 amide bonds. The largest absolute Gasteiger partial charge is 0.370 e. The summed E-state index contributed by atoms with van der Waals surface area (Å²) in [5, 5.41) is 3.17. The zero-order chi connectivity index (χ0) is 15.3. The molecule has 0 radical (unpaired) electrons. The molecule has 1 aliphatic rings. The lowest BCUT2D eigenvalue weighted by Gasteiger charge is -2.13. The summed E-state index contributed by atoms with van der Waals surface area (Å²) in [6.07, 6.45) is 5.05. The zero-order valence-corrected chi connectivity index (χ0v) is 15.4. The Hall–Kier alpha value is -1.63. The molecular weight excluding hydrogens is 399 g/mol. The summed E-state index contributed by atoms with van der Waals surface area (Å²) in [6.45, 7) is 1.52. The van der Waals surface area contributed by atoms with E-state index in [0.717, 1.165) is 25.2 Å². The van der Waals surface area contributed by atoms with Crippen LogP contribution in [-0.2, 0) is 11.8 Å². The second kappa shape index (κ2) is 8.29. The molecule has 5 heteroatoms. The maximum Gasteiger partial charge on any atom is 0.188 e. The topological polar surface area (TPSA) is 63.3 Å². The van der Waals surface area contributed by atoms with E-state index in [4.69, 9.17) is 5.73 Å². The number of rotatable bonds is 6. The fourth-order valence-electron chi connectivity index (χ4n) is 2.64. The molecule has 0 aliphatic heterocycles. The van der Waals surface area contributed by atoms with Crippen LogP contribution in [0.2, 0.25) is 0 Å². The van der Waals surface area contributed by atoms with E-state index >= 15 is 0 Å². The van der Waals surface area contributed by atoms with Crippen LogP contribution >= 0.6 is 24.0 Å². The minimum atomic E-state index is 0. The van der Waals surface area contributed by atoms with Crippen molar-refractivity contribution in [1.29, 1.82) is 0 Å². The Bertz CT molecular complexity index is 624. The number of pyridine rings is 1. The first-order valence-corrected chi connectivity index (χ1v) is 7.78. The Morgan fingerprint density at radius 2 is 1.87 bits per heavy atom. The van der Waals surface area contributed by atoms with Crippen LogP contribution in [0.3, 0.4) is 0 Å². The molecule has 1 aliphatic carbocycles. The molecule has 122 valence electrons. The second-order valence-electron chi connectivity index (χ2n) is 5.85. The van der Waals surface area contributed by atoms with E-state index < -0.39 is 0 Å². The third kappa shape index (κ3) is 4.92. The summed E-state index contributed by atoms with van der Waals surface area (Å²) in [5.41, 5.74) is 8.62. The van der Waals surface area contributed by atoms with E-state index in [1.807, 2.05) is 24.4 Å². The molecule has 2 aromatic rings. The molecule has 1 aromatic carbocycles. The molecule has 0 bridgehead atoms. The van der Waals surface area contributed by atoms with Crippen molar-refractivity contribution in [1.82, 2.24) is 10.3 Å². The summed E-state index contributed by atoms with van der Waals surface area (Å²) in [5.74, 6) is 0.526. The minimum Gasteiger partial charge on any atom is -0.370 e. The standard InChI is InChI=1S/C18H22N4.HI/c19-17(21-13-9-16-8-4-5-12-20-16)22-14-18(10-11-18)15-6-2-1-3-7-15;/h1-8,12H,9-11,13-14H2,(H3,19,21,22);1H. The van der Waals surface area contributed by atoms with Gasteiger partial charge in [0.2, 0.25) is 0 Å². The predicted octanol–water partition coefficient (Wildman–Crippen LogP) is 2.88. The molecule has 1 fully saturated rings. The normalized spacial score (nSPS) is 15.6. The van der Waals surface area contributed by atoms with E-state index in [2.05, 4.69) is 45.6 Å². The second-order valence-corrected chi connectivity index (χ2v) is 5.85. The van der Waals surface area contributed by atoms with Gasteiger partial charge in [0.15, 0.2) is 5.96 Å². The highest BCUT2D eigenvalue weighted by molar-refractivity contribution is 14.0. The molecular formula is C18H23IN4. The molecule has 3 N–H and O–H groups in total. The van der Waals surface area contributed by atoms with Gasteiger partial charge in [-0.2, -0.15) is 0 Å². The van der Waals surface area contributed by atoms with E-state index in [1.165, 1.54) is 18.4 Å². The van der Waals surface area contributed by atoms with E-state index in [0.29, 0.717) is 5.96 Å². The van der Waals surface area contributed by atoms with Crippen LogP contribution in [0, 0.1) is 0 Å². The van der Waals surface area contributed by atoms with Crippen LogP contribution in [-0.4, -0.2) is 24.0 Å². The van der Waals surface area contributed by atoms with Crippen molar-refractivity contribution >= 4 is 29.9 Å². The monoisotopic (exact) mass is 422 g/mol. The zero-order valence-electron chi connectivity index (χ0n) is 13.1. The number of guanidine groups is 1. The van der Waals surface area contributed by atoms with Crippen LogP contribution in [0.4, 0.5) is 0 Å². The lowest BCUT2D eigenvalue weighted by molar-refractivity contribution is 0.699. The van der Waals surface area contributed by atoms with Crippen LogP contribution in [0.5, 0.6) is 0 Å². The van der Waals surface area contributed by atoms with Gasteiger partial charge in [0, 0.05) is 30.3 Å². The van der Waals surface area contributed by atoms with Crippen molar-refractivity contribution in [3.05, 3.63) is 66.0 Å². The Morgan fingerprint density at radius 1 is 1.13 bits per heavy atom. The van der Waals surface area contributed by atoms with Crippen LogP contribution in [0.15, 0.2) is 59.7 Å². The SMILES string of the molecule is I.NC(=NCC1(c2ccccc2)CC1)NCCc1ccccn1. The summed E-state index contributed by atoms with van der Waals surface area (Å²) in [4.78, 5) is 8.82. The molecule has 0 spiro atoms. The van der Waals surface area contributed by atoms with Crippen molar-refractivity contribution in [2.75, 3.05) is 13.1 Å². The lowest BCUT2D eigenvalue weighted by Crippen LogP contribution is -2.34. The average molecular weight is 422 g/mol. The first kappa shape index (κ1) is 17.7. The first-order valence-electron chi connectivity index (χ1n) is 7.78. The number of halogens is 1. The Balaban J connectivity index is 0.00000192. The number of hydrogen-bond donors (Lipinski definition) is 2. The van der Waals surface area contributed by atoms with Gasteiger partial charge in [0.1, 0.15) is 0 Å².